The molecule has 6 nitrogen and oxygen atoms in total. The Bertz CT molecular complexity index is 342. The molecule has 0 saturated heterocycles. The lowest BCUT2D eigenvalue weighted by molar-refractivity contribution is -0.153. The maximum absolute atomic E-state index is 11.7. The number of carbonyl (C=O) groups is 1. The minimum atomic E-state index is -1.02. The number of aliphatic hydroxyl groups excluding tert-OH is 1. The predicted octanol–water partition coefficient (Wildman–Crippen LogP) is 3.21. The number of hydrogen-bond donors (Lipinski definition) is 3. The van der Waals surface area contributed by atoms with E-state index in [2.05, 4.69) is 11.9 Å². The maximum Gasteiger partial charge on any atom is 0.307 e. The summed E-state index contributed by atoms with van der Waals surface area (Å²) >= 11 is 0. The van der Waals surface area contributed by atoms with Crippen molar-refractivity contribution < 1.29 is 14.6 Å². The first kappa shape index (κ1) is 22.7. The van der Waals surface area contributed by atoms with Crippen molar-refractivity contribution in [2.75, 3.05) is 0 Å². The first-order valence-electron chi connectivity index (χ1n) is 9.43. The predicted molar refractivity (Wildman–Crippen MR) is 98.4 cm³/mol. The lowest BCUT2D eigenvalue weighted by Crippen LogP contribution is -2.33. The normalized spacial score (nSPS) is 13.3. The van der Waals surface area contributed by atoms with Crippen LogP contribution in [0.2, 0.25) is 0 Å². The molecule has 0 aliphatic heterocycles. The van der Waals surface area contributed by atoms with Crippen molar-refractivity contribution in [1.82, 2.24) is 0 Å². The van der Waals surface area contributed by atoms with E-state index in [4.69, 9.17) is 16.2 Å². The fourth-order valence-electron chi connectivity index (χ4n) is 2.51. The second-order valence-electron chi connectivity index (χ2n) is 6.46. The second-order valence-corrected chi connectivity index (χ2v) is 6.46. The number of guanidine groups is 1. The topological polar surface area (TPSA) is 111 Å². The van der Waals surface area contributed by atoms with Crippen LogP contribution in [0.15, 0.2) is 4.99 Å². The SMILES string of the molecule is CCCCCCCCCCCCCC(=O)OC(N=C(N)N)C(C)O. The highest BCUT2D eigenvalue weighted by atomic mass is 16.6. The number of aliphatic imine (C=N–C) groups is 1. The summed E-state index contributed by atoms with van der Waals surface area (Å²) < 4.78 is 5.08. The summed E-state index contributed by atoms with van der Waals surface area (Å²) in [6.07, 6.45) is 11.9. The molecule has 0 radical (unpaired) electrons. The number of unbranched alkanes of at least 4 members (excludes halogenated alkanes) is 10. The second kappa shape index (κ2) is 15.2. The molecule has 2 unspecified atom stereocenters. The zero-order valence-electron chi connectivity index (χ0n) is 15.5. The number of carbonyl (C=O) groups excluding carboxylic acids is 1. The van der Waals surface area contributed by atoms with Crippen molar-refractivity contribution in [2.45, 2.75) is 103 Å². The molecule has 0 bridgehead atoms. The van der Waals surface area contributed by atoms with E-state index in [1.807, 2.05) is 0 Å². The molecule has 0 saturated carbocycles. The van der Waals surface area contributed by atoms with Crippen LogP contribution in [0.1, 0.15) is 90.9 Å². The largest absolute Gasteiger partial charge is 0.437 e. The third-order valence-corrected chi connectivity index (χ3v) is 3.93. The van der Waals surface area contributed by atoms with Gasteiger partial charge >= 0.3 is 5.97 Å². The standard InChI is InChI=1S/C18H37N3O3/c1-3-4-5-6-7-8-9-10-11-12-13-14-16(23)24-17(15(2)22)21-18(19)20/h15,17,22H,3-14H2,1-2H3,(H4,19,20,21). The van der Waals surface area contributed by atoms with Crippen molar-refractivity contribution in [3.8, 4) is 0 Å². The van der Waals surface area contributed by atoms with E-state index in [1.165, 1.54) is 58.3 Å². The summed E-state index contributed by atoms with van der Waals surface area (Å²) in [5.41, 5.74) is 10.5. The molecule has 0 heterocycles. The zero-order valence-corrected chi connectivity index (χ0v) is 15.5. The van der Waals surface area contributed by atoms with Gasteiger partial charge in [-0.3, -0.25) is 4.79 Å². The lowest BCUT2D eigenvalue weighted by Gasteiger charge is -2.16. The molecule has 0 aliphatic rings. The number of esters is 1. The summed E-state index contributed by atoms with van der Waals surface area (Å²) in [4.78, 5) is 15.4. The number of nitrogens with two attached hydrogens (primary N) is 2. The van der Waals surface area contributed by atoms with Crippen LogP contribution in [0.25, 0.3) is 0 Å². The minimum absolute atomic E-state index is 0.205. The molecule has 6 heteroatoms. The van der Waals surface area contributed by atoms with Crippen LogP contribution in [0.5, 0.6) is 0 Å². The number of ether oxygens (including phenoxy) is 1. The van der Waals surface area contributed by atoms with E-state index in [0.29, 0.717) is 6.42 Å². The Kier molecular flexibility index (Phi) is 14.4. The Morgan fingerprint density at radius 1 is 0.958 bits per heavy atom. The molecule has 0 aromatic heterocycles. The van der Waals surface area contributed by atoms with E-state index >= 15 is 0 Å². The molecule has 2 atom stereocenters. The molecule has 0 spiro atoms. The highest BCUT2D eigenvalue weighted by molar-refractivity contribution is 5.76. The monoisotopic (exact) mass is 343 g/mol. The fourth-order valence-corrected chi connectivity index (χ4v) is 2.51. The third-order valence-electron chi connectivity index (χ3n) is 3.93. The molecule has 0 amide bonds. The Hall–Kier alpha value is -1.30. The Morgan fingerprint density at radius 2 is 1.42 bits per heavy atom. The molecular formula is C18H37N3O3. The van der Waals surface area contributed by atoms with Crippen LogP contribution < -0.4 is 11.5 Å². The number of aliphatic hydroxyl groups is 1. The summed E-state index contributed by atoms with van der Waals surface area (Å²) in [7, 11) is 0. The van der Waals surface area contributed by atoms with Crippen molar-refractivity contribution in [3.63, 3.8) is 0 Å². The van der Waals surface area contributed by atoms with Crippen LogP contribution in [0.4, 0.5) is 0 Å². The summed E-state index contributed by atoms with van der Waals surface area (Å²) in [5, 5.41) is 9.47. The third kappa shape index (κ3) is 14.3. The van der Waals surface area contributed by atoms with Gasteiger partial charge in [-0.25, -0.2) is 4.99 Å². The van der Waals surface area contributed by atoms with Crippen LogP contribution in [-0.4, -0.2) is 29.4 Å². The van der Waals surface area contributed by atoms with Crippen LogP contribution in [0, 0.1) is 0 Å². The molecule has 5 N–H and O–H groups in total. The van der Waals surface area contributed by atoms with E-state index < -0.39 is 12.3 Å². The molecule has 0 aromatic rings. The van der Waals surface area contributed by atoms with Gasteiger partial charge in [0, 0.05) is 6.42 Å². The van der Waals surface area contributed by atoms with Gasteiger partial charge in [0.2, 0.25) is 6.23 Å². The molecule has 0 aromatic carbocycles. The van der Waals surface area contributed by atoms with Gasteiger partial charge in [-0.2, -0.15) is 0 Å². The zero-order chi connectivity index (χ0) is 18.2. The van der Waals surface area contributed by atoms with Crippen molar-refractivity contribution in [3.05, 3.63) is 0 Å². The smallest absolute Gasteiger partial charge is 0.307 e. The van der Waals surface area contributed by atoms with Crippen LogP contribution >= 0.6 is 0 Å². The van der Waals surface area contributed by atoms with Gasteiger partial charge < -0.3 is 21.3 Å². The van der Waals surface area contributed by atoms with Gasteiger partial charge in [0.15, 0.2) is 5.96 Å². The highest BCUT2D eigenvalue weighted by Gasteiger charge is 2.18. The average molecular weight is 344 g/mol. The number of nitrogens with zero attached hydrogens (tertiary/aromatic N) is 1. The summed E-state index contributed by atoms with van der Waals surface area (Å²) in [6, 6.07) is 0. The lowest BCUT2D eigenvalue weighted by atomic mass is 10.1. The molecular weight excluding hydrogens is 306 g/mol. The fraction of sp³-hybridized carbons (Fsp3) is 0.889. The first-order chi connectivity index (χ1) is 11.5. The van der Waals surface area contributed by atoms with Crippen molar-refractivity contribution >= 4 is 11.9 Å². The molecule has 142 valence electrons. The van der Waals surface area contributed by atoms with E-state index in [0.717, 1.165) is 19.3 Å². The number of rotatable bonds is 15. The van der Waals surface area contributed by atoms with Gasteiger partial charge in [0.25, 0.3) is 0 Å². The average Bonchev–Trinajstić information content (AvgIpc) is 2.51. The Morgan fingerprint density at radius 3 is 1.83 bits per heavy atom. The van der Waals surface area contributed by atoms with Gasteiger partial charge in [0.05, 0.1) is 0 Å². The summed E-state index contributed by atoms with van der Waals surface area (Å²) in [6.45, 7) is 3.72. The first-order valence-corrected chi connectivity index (χ1v) is 9.43. The minimum Gasteiger partial charge on any atom is -0.437 e. The van der Waals surface area contributed by atoms with E-state index in [-0.39, 0.29) is 11.9 Å². The highest BCUT2D eigenvalue weighted by Crippen LogP contribution is 2.12. The molecule has 0 fully saturated rings. The summed E-state index contributed by atoms with van der Waals surface area (Å²) in [5.74, 6) is -0.579. The molecule has 24 heavy (non-hydrogen) atoms. The van der Waals surface area contributed by atoms with Crippen LogP contribution in [-0.2, 0) is 9.53 Å². The van der Waals surface area contributed by atoms with Gasteiger partial charge in [0.1, 0.15) is 6.10 Å². The van der Waals surface area contributed by atoms with Gasteiger partial charge in [-0.1, -0.05) is 71.1 Å². The van der Waals surface area contributed by atoms with Gasteiger partial charge in [-0.05, 0) is 13.3 Å². The Balaban J connectivity index is 3.56. The quantitative estimate of drug-likeness (QED) is 0.183. The Labute approximate surface area is 147 Å². The van der Waals surface area contributed by atoms with E-state index in [9.17, 15) is 9.90 Å². The maximum atomic E-state index is 11.7. The van der Waals surface area contributed by atoms with Gasteiger partial charge in [-0.15, -0.1) is 0 Å². The van der Waals surface area contributed by atoms with Crippen LogP contribution in [0.3, 0.4) is 0 Å². The van der Waals surface area contributed by atoms with E-state index in [1.54, 1.807) is 0 Å². The van der Waals surface area contributed by atoms with Crippen molar-refractivity contribution in [1.29, 1.82) is 0 Å². The van der Waals surface area contributed by atoms with Crippen molar-refractivity contribution in [2.24, 2.45) is 16.5 Å². The molecule has 0 aliphatic carbocycles. The number of hydrogen-bond acceptors (Lipinski definition) is 4. The molecule has 0 rings (SSSR count).